The largest absolute Gasteiger partial charge is 0.488 e. The zero-order chi connectivity index (χ0) is 58.1. The number of rotatable bonds is 17. The Hall–Kier alpha value is -8.17. The molecule has 3 aliphatic rings. The van der Waals surface area contributed by atoms with Gasteiger partial charge < -0.3 is 38.1 Å². The van der Waals surface area contributed by atoms with Crippen molar-refractivity contribution in [3.8, 4) is 39.9 Å². The van der Waals surface area contributed by atoms with Crippen molar-refractivity contribution < 1.29 is 38.0 Å². The number of benzene rings is 5. The van der Waals surface area contributed by atoms with E-state index in [4.69, 9.17) is 48.1 Å². The van der Waals surface area contributed by atoms with Crippen molar-refractivity contribution in [3.05, 3.63) is 139 Å². The van der Waals surface area contributed by atoms with Crippen molar-refractivity contribution in [2.75, 3.05) is 40.7 Å². The van der Waals surface area contributed by atoms with Crippen molar-refractivity contribution in [2.45, 2.75) is 136 Å². The van der Waals surface area contributed by atoms with Crippen LogP contribution in [0, 0.1) is 0 Å². The topological polar surface area (TPSA) is 232 Å². The van der Waals surface area contributed by atoms with Gasteiger partial charge in [-0.1, -0.05) is 48.9 Å². The van der Waals surface area contributed by atoms with E-state index in [0.717, 1.165) is 75.7 Å². The maximum Gasteiger partial charge on any atom is 0.338 e. The number of hydrogen-bond donors (Lipinski definition) is 3. The van der Waals surface area contributed by atoms with Gasteiger partial charge in [0.2, 0.25) is 5.88 Å². The number of nitrogens with one attached hydrogen (secondary N) is 3. The van der Waals surface area contributed by atoms with Gasteiger partial charge in [-0.15, -0.1) is 0 Å². The van der Waals surface area contributed by atoms with E-state index in [9.17, 15) is 19.2 Å². The third-order valence-electron chi connectivity index (χ3n) is 15.8. The van der Waals surface area contributed by atoms with Crippen molar-refractivity contribution in [2.24, 2.45) is 0 Å². The van der Waals surface area contributed by atoms with Crippen LogP contribution in [0.5, 0.6) is 17.4 Å². The highest BCUT2D eigenvalue weighted by Crippen LogP contribution is 2.37. The number of carbonyl (C=O) groups excluding carboxylic acids is 1. The Kier molecular flexibility index (Phi) is 18.3. The molecule has 20 heteroatoms. The lowest BCUT2D eigenvalue weighted by atomic mass is 10.1. The molecule has 84 heavy (non-hydrogen) atoms. The van der Waals surface area contributed by atoms with E-state index in [1.54, 1.807) is 47.8 Å². The highest BCUT2D eigenvalue weighted by molar-refractivity contribution is 5.96. The molecule has 0 saturated carbocycles. The van der Waals surface area contributed by atoms with Crippen molar-refractivity contribution >= 4 is 49.8 Å². The number of aromatic amines is 3. The summed E-state index contributed by atoms with van der Waals surface area (Å²) in [7, 11) is 3.10. The Bertz CT molecular complexity index is 3950. The summed E-state index contributed by atoms with van der Waals surface area (Å²) in [5, 5.41) is 7.63. The minimum absolute atomic E-state index is 0.0117. The molecule has 3 N–H and O–H groups in total. The van der Waals surface area contributed by atoms with E-state index in [0.29, 0.717) is 123 Å². The number of carbonyl (C=O) groups is 1. The van der Waals surface area contributed by atoms with Crippen LogP contribution in [0.15, 0.2) is 105 Å². The molecule has 9 aromatic rings. The van der Waals surface area contributed by atoms with Crippen LogP contribution in [-0.2, 0) is 45.2 Å². The first-order valence-electron chi connectivity index (χ1n) is 29.4. The smallest absolute Gasteiger partial charge is 0.338 e. The van der Waals surface area contributed by atoms with Crippen molar-refractivity contribution in [1.82, 2.24) is 44.4 Å². The molecule has 20 nitrogen and oxygen atoms in total. The number of para-hydroxylation sites is 2. The normalized spacial score (nSPS) is 17.0. The van der Waals surface area contributed by atoms with E-state index in [-0.39, 0.29) is 53.6 Å². The number of methoxy groups -OCH3 is 2. The maximum atomic E-state index is 13.4. The highest BCUT2D eigenvalue weighted by Gasteiger charge is 2.24. The van der Waals surface area contributed by atoms with Crippen LogP contribution < -0.4 is 30.9 Å². The SMILES string of the molecule is COCOc1cc(COC2CCCCO2)cc2nc(OC)c(-c3cccc4c(=O)n(CCCC[C@H](C)OC(=O)c5ccccc5)[nH]c34)nc12.C[C@@H]1CCCCn2[nH]c3c(cccc3c2=O)-c2nc3c(cc(CN4CCCCC4)cc3[nH]c2=O)O1. The summed E-state index contributed by atoms with van der Waals surface area (Å²) in [5.41, 5.74) is 7.74. The molecule has 7 heterocycles. The zero-order valence-electron chi connectivity index (χ0n) is 48.2. The Morgan fingerprint density at radius 1 is 0.750 bits per heavy atom. The summed E-state index contributed by atoms with van der Waals surface area (Å²) in [6.45, 7) is 9.09. The Morgan fingerprint density at radius 3 is 2.27 bits per heavy atom. The summed E-state index contributed by atoms with van der Waals surface area (Å²) in [4.78, 5) is 72.2. The molecule has 3 aliphatic heterocycles. The molecular formula is C64H73N9O11. The molecule has 4 aromatic heterocycles. The van der Waals surface area contributed by atoms with Crippen molar-refractivity contribution in [1.29, 1.82) is 0 Å². The van der Waals surface area contributed by atoms with Gasteiger partial charge in [-0.2, -0.15) is 0 Å². The molecule has 12 rings (SSSR count). The number of esters is 1. The first kappa shape index (κ1) is 57.6. The molecule has 1 unspecified atom stereocenters. The average molecular weight is 1140 g/mol. The summed E-state index contributed by atoms with van der Waals surface area (Å²) in [6.07, 6.45) is 11.1. The van der Waals surface area contributed by atoms with Crippen LogP contribution in [0.4, 0.5) is 0 Å². The molecule has 440 valence electrons. The van der Waals surface area contributed by atoms with Crippen LogP contribution in [0.2, 0.25) is 0 Å². The second-order valence-electron chi connectivity index (χ2n) is 22.0. The minimum Gasteiger partial charge on any atom is -0.488 e. The lowest BCUT2D eigenvalue weighted by Crippen LogP contribution is -2.29. The fourth-order valence-corrected chi connectivity index (χ4v) is 11.4. The van der Waals surface area contributed by atoms with Gasteiger partial charge in [0.05, 0.1) is 64.3 Å². The number of unbranched alkanes of at least 4 members (excludes halogenated alkanes) is 1. The predicted molar refractivity (Wildman–Crippen MR) is 321 cm³/mol. The van der Waals surface area contributed by atoms with E-state index in [2.05, 4.69) is 33.1 Å². The summed E-state index contributed by atoms with van der Waals surface area (Å²) >= 11 is 0. The number of piperidine rings is 1. The Morgan fingerprint density at radius 2 is 1.50 bits per heavy atom. The zero-order valence-corrected chi connectivity index (χ0v) is 48.2. The van der Waals surface area contributed by atoms with Crippen LogP contribution in [0.25, 0.3) is 66.4 Å². The molecule has 2 fully saturated rings. The van der Waals surface area contributed by atoms with E-state index in [1.165, 1.54) is 19.3 Å². The molecule has 0 amide bonds. The van der Waals surface area contributed by atoms with E-state index < -0.39 is 0 Å². The van der Waals surface area contributed by atoms with Crippen molar-refractivity contribution in [3.63, 3.8) is 0 Å². The molecule has 2 saturated heterocycles. The van der Waals surface area contributed by atoms with Gasteiger partial charge >= 0.3 is 5.97 Å². The predicted octanol–water partition coefficient (Wildman–Crippen LogP) is 10.6. The van der Waals surface area contributed by atoms with Gasteiger partial charge in [0.25, 0.3) is 16.7 Å². The summed E-state index contributed by atoms with van der Waals surface area (Å²) < 4.78 is 43.9. The third-order valence-corrected chi connectivity index (χ3v) is 15.8. The number of aryl methyl sites for hydroxylation is 2. The van der Waals surface area contributed by atoms with Gasteiger partial charge in [0.15, 0.2) is 18.8 Å². The Balaban J connectivity index is 0.000000185. The summed E-state index contributed by atoms with van der Waals surface area (Å²) in [5.74, 6) is 1.16. The highest BCUT2D eigenvalue weighted by atomic mass is 16.7. The molecule has 0 radical (unpaired) electrons. The minimum atomic E-state index is -0.337. The monoisotopic (exact) mass is 1140 g/mol. The fraction of sp³-hybridized carbons (Fsp3) is 0.422. The number of fused-ring (bicyclic) bond motifs is 5. The fourth-order valence-electron chi connectivity index (χ4n) is 11.4. The number of hydrogen-bond acceptors (Lipinski definition) is 15. The summed E-state index contributed by atoms with van der Waals surface area (Å²) in [6, 6.07) is 27.8. The molecule has 0 spiro atoms. The van der Waals surface area contributed by atoms with E-state index >= 15 is 0 Å². The number of H-pyrrole nitrogens is 3. The van der Waals surface area contributed by atoms with Gasteiger partial charge in [-0.25, -0.2) is 19.7 Å². The second kappa shape index (κ2) is 26.6. The molecular weight excluding hydrogens is 1070 g/mol. The number of nitrogens with zero attached hydrogens (tertiary/aromatic N) is 6. The number of aromatic nitrogens is 8. The van der Waals surface area contributed by atoms with Crippen LogP contribution in [-0.4, -0.2) is 110 Å². The van der Waals surface area contributed by atoms with E-state index in [1.807, 2.05) is 67.6 Å². The third kappa shape index (κ3) is 13.1. The van der Waals surface area contributed by atoms with Crippen LogP contribution in [0.1, 0.15) is 112 Å². The number of ether oxygens (including phenoxy) is 7. The first-order valence-corrected chi connectivity index (χ1v) is 29.4. The standard InChI is InChI=1S/C37H42N4O8.C27H31N5O3/c1-24(49-37(43)26-13-5-4-6-14-26)12-7-9-18-41-36(42)28-16-11-15-27(32(28)40-41)33-35(45-3)38-29-20-25(22-47-31-17-8-10-19-46-31)21-30(34(29)39-33)48-23-44-2;1-17-8-3-6-13-32-27(34)20-10-7-9-19(23(20)30-32)24-26(33)28-21-14-18(15-22(35-17)25(21)29-24)16-31-11-4-2-5-12-31/h4-6,11,13-16,20-21,24,31,40H,7-10,12,17-19,22-23H2,1-3H3;7,9-10,14-15,17,30H,2-6,8,11-13,16H2,1H3,(H,28,33)/t24-,31?;17-/m01/s1. The molecule has 3 atom stereocenters. The number of likely N-dealkylation sites (tertiary alicyclic amines) is 1. The van der Waals surface area contributed by atoms with Crippen LogP contribution >= 0.6 is 0 Å². The van der Waals surface area contributed by atoms with Gasteiger partial charge in [-0.3, -0.25) is 38.8 Å². The second-order valence-corrected chi connectivity index (χ2v) is 22.0. The molecule has 4 bridgehead atoms. The quantitative estimate of drug-likeness (QED) is 0.0437. The Labute approximate surface area is 485 Å². The average Bonchev–Trinajstić information content (AvgIpc) is 3.52. The van der Waals surface area contributed by atoms with Crippen LogP contribution in [0.3, 0.4) is 0 Å². The maximum absolute atomic E-state index is 13.4. The lowest BCUT2D eigenvalue weighted by Gasteiger charge is -2.27. The van der Waals surface area contributed by atoms with Gasteiger partial charge in [0.1, 0.15) is 28.2 Å². The first-order chi connectivity index (χ1) is 41.0. The van der Waals surface area contributed by atoms with Gasteiger partial charge in [0, 0.05) is 44.5 Å². The lowest BCUT2D eigenvalue weighted by molar-refractivity contribution is -0.168. The van der Waals surface area contributed by atoms with Gasteiger partial charge in [-0.05, 0) is 157 Å². The molecule has 0 aliphatic carbocycles. The molecule has 5 aromatic carbocycles.